The Morgan fingerprint density at radius 1 is 1.48 bits per heavy atom. The third-order valence-corrected chi connectivity index (χ3v) is 3.86. The first kappa shape index (κ1) is 15.5. The van der Waals surface area contributed by atoms with Gasteiger partial charge in [-0.2, -0.15) is 4.98 Å². The molecule has 0 saturated heterocycles. The molecule has 116 valence electrons. The van der Waals surface area contributed by atoms with E-state index in [4.69, 9.17) is 0 Å². The van der Waals surface area contributed by atoms with Crippen molar-refractivity contribution < 1.29 is 4.92 Å². The van der Waals surface area contributed by atoms with Gasteiger partial charge in [0.25, 0.3) is 0 Å². The Labute approximate surface area is 124 Å². The number of hydrogen-bond donors (Lipinski definition) is 1. The van der Waals surface area contributed by atoms with Gasteiger partial charge in [-0.05, 0) is 32.1 Å². The Hall–Kier alpha value is -1.92. The highest BCUT2D eigenvalue weighted by Gasteiger charge is 2.26. The van der Waals surface area contributed by atoms with Crippen molar-refractivity contribution in [2.45, 2.75) is 39.5 Å². The summed E-state index contributed by atoms with van der Waals surface area (Å²) in [6.07, 6.45) is 5.93. The molecule has 1 saturated carbocycles. The van der Waals surface area contributed by atoms with Crippen molar-refractivity contribution in [1.29, 1.82) is 0 Å². The molecule has 0 spiro atoms. The maximum absolute atomic E-state index is 11.2. The van der Waals surface area contributed by atoms with Crippen LogP contribution in [0.1, 0.15) is 39.5 Å². The van der Waals surface area contributed by atoms with E-state index in [1.165, 1.54) is 25.5 Å². The Bertz CT molecular complexity index is 490. The van der Waals surface area contributed by atoms with E-state index in [0.717, 1.165) is 19.5 Å². The number of nitro groups is 1. The Morgan fingerprint density at radius 2 is 2.24 bits per heavy atom. The van der Waals surface area contributed by atoms with Gasteiger partial charge in [-0.3, -0.25) is 10.1 Å². The lowest BCUT2D eigenvalue weighted by Crippen LogP contribution is -2.33. The summed E-state index contributed by atoms with van der Waals surface area (Å²) in [7, 11) is 0. The fraction of sp³-hybridized carbons (Fsp3) is 0.714. The molecule has 1 aliphatic rings. The molecule has 1 heterocycles. The van der Waals surface area contributed by atoms with Crippen LogP contribution in [0.3, 0.4) is 0 Å². The average molecular weight is 293 g/mol. The molecule has 2 rings (SSSR count). The number of nitrogens with one attached hydrogen (secondary N) is 1. The zero-order valence-electron chi connectivity index (χ0n) is 12.7. The number of anilines is 2. The van der Waals surface area contributed by atoms with Gasteiger partial charge in [-0.15, -0.1) is 0 Å². The summed E-state index contributed by atoms with van der Waals surface area (Å²) >= 11 is 0. The van der Waals surface area contributed by atoms with Crippen molar-refractivity contribution in [3.8, 4) is 0 Å². The second kappa shape index (κ2) is 7.19. The average Bonchev–Trinajstić information content (AvgIpc) is 2.44. The van der Waals surface area contributed by atoms with Crippen LogP contribution in [-0.4, -0.2) is 34.5 Å². The minimum atomic E-state index is -0.400. The molecule has 7 nitrogen and oxygen atoms in total. The van der Waals surface area contributed by atoms with Crippen LogP contribution < -0.4 is 10.2 Å². The second-order valence-corrected chi connectivity index (χ2v) is 5.42. The fourth-order valence-electron chi connectivity index (χ4n) is 2.40. The molecule has 0 radical (unpaired) electrons. The quantitative estimate of drug-likeness (QED) is 0.586. The van der Waals surface area contributed by atoms with Gasteiger partial charge in [0, 0.05) is 19.6 Å². The Balaban J connectivity index is 2.24. The minimum absolute atomic E-state index is 0.0155. The lowest BCUT2D eigenvalue weighted by atomic mass is 9.85. The van der Waals surface area contributed by atoms with E-state index in [9.17, 15) is 10.1 Å². The van der Waals surface area contributed by atoms with Crippen molar-refractivity contribution in [3.05, 3.63) is 16.3 Å². The fourth-order valence-corrected chi connectivity index (χ4v) is 2.40. The van der Waals surface area contributed by atoms with Gasteiger partial charge in [-0.1, -0.05) is 13.3 Å². The van der Waals surface area contributed by atoms with Gasteiger partial charge >= 0.3 is 5.69 Å². The van der Waals surface area contributed by atoms with Crippen LogP contribution in [0.15, 0.2) is 6.20 Å². The van der Waals surface area contributed by atoms with Gasteiger partial charge in [0.2, 0.25) is 11.8 Å². The van der Waals surface area contributed by atoms with Gasteiger partial charge in [0.1, 0.15) is 6.20 Å². The van der Waals surface area contributed by atoms with E-state index < -0.39 is 4.92 Å². The highest BCUT2D eigenvalue weighted by Crippen LogP contribution is 2.31. The van der Waals surface area contributed by atoms with Crippen molar-refractivity contribution in [1.82, 2.24) is 9.97 Å². The van der Waals surface area contributed by atoms with E-state index >= 15 is 0 Å². The molecule has 1 N–H and O–H groups in total. The molecule has 1 fully saturated rings. The molecule has 0 amide bonds. The van der Waals surface area contributed by atoms with Crippen LogP contribution in [-0.2, 0) is 0 Å². The summed E-state index contributed by atoms with van der Waals surface area (Å²) in [4.78, 5) is 21.2. The maximum atomic E-state index is 11.2. The summed E-state index contributed by atoms with van der Waals surface area (Å²) in [5.74, 6) is 1.53. The van der Waals surface area contributed by atoms with Gasteiger partial charge in [0.15, 0.2) is 0 Å². The van der Waals surface area contributed by atoms with Gasteiger partial charge in [-0.25, -0.2) is 4.98 Å². The first-order valence-electron chi connectivity index (χ1n) is 7.66. The van der Waals surface area contributed by atoms with Crippen molar-refractivity contribution >= 4 is 17.5 Å². The Morgan fingerprint density at radius 3 is 2.76 bits per heavy atom. The summed E-state index contributed by atoms with van der Waals surface area (Å²) in [6, 6.07) is 0. The molecule has 0 aromatic carbocycles. The van der Waals surface area contributed by atoms with Crippen LogP contribution in [0.4, 0.5) is 17.5 Å². The molecule has 0 atom stereocenters. The number of nitrogens with zero attached hydrogens (tertiary/aromatic N) is 4. The summed E-state index contributed by atoms with van der Waals surface area (Å²) in [5.41, 5.74) is -0.0155. The highest BCUT2D eigenvalue weighted by molar-refractivity contribution is 5.59. The van der Waals surface area contributed by atoms with Crippen molar-refractivity contribution in [2.24, 2.45) is 5.92 Å². The maximum Gasteiger partial charge on any atom is 0.329 e. The molecular formula is C14H23N5O2. The van der Waals surface area contributed by atoms with Crippen LogP contribution in [0, 0.1) is 16.0 Å². The van der Waals surface area contributed by atoms with Crippen LogP contribution in [0.2, 0.25) is 0 Å². The summed E-state index contributed by atoms with van der Waals surface area (Å²) in [5, 5.41) is 14.3. The third-order valence-electron chi connectivity index (χ3n) is 3.86. The smallest absolute Gasteiger partial charge is 0.329 e. The lowest BCUT2D eigenvalue weighted by molar-refractivity contribution is -0.384. The van der Waals surface area contributed by atoms with Gasteiger partial charge < -0.3 is 10.2 Å². The van der Waals surface area contributed by atoms with E-state index in [0.29, 0.717) is 24.2 Å². The largest absolute Gasteiger partial charge is 0.354 e. The van der Waals surface area contributed by atoms with Crippen molar-refractivity contribution in [2.75, 3.05) is 29.9 Å². The SMILES string of the molecule is CCCNc1ncc([N+](=O)[O-])c(N(CC)CC2CCC2)n1. The van der Waals surface area contributed by atoms with Gasteiger partial charge in [0.05, 0.1) is 4.92 Å². The molecule has 21 heavy (non-hydrogen) atoms. The first-order chi connectivity index (χ1) is 10.2. The standard InChI is InChI=1S/C14H23N5O2/c1-3-8-15-14-16-9-12(19(20)21)13(17-14)18(4-2)10-11-6-5-7-11/h9,11H,3-8,10H2,1-2H3,(H,15,16,17). The van der Waals surface area contributed by atoms with Crippen LogP contribution in [0.5, 0.6) is 0 Å². The first-order valence-corrected chi connectivity index (χ1v) is 7.66. The topological polar surface area (TPSA) is 84.2 Å². The molecule has 1 aromatic heterocycles. The molecule has 0 unspecified atom stereocenters. The van der Waals surface area contributed by atoms with E-state index in [2.05, 4.69) is 15.3 Å². The number of hydrogen-bond acceptors (Lipinski definition) is 6. The predicted octanol–water partition coefficient (Wildman–Crippen LogP) is 2.83. The second-order valence-electron chi connectivity index (χ2n) is 5.42. The minimum Gasteiger partial charge on any atom is -0.354 e. The molecule has 7 heteroatoms. The van der Waals surface area contributed by atoms with Crippen LogP contribution in [0.25, 0.3) is 0 Å². The molecule has 0 bridgehead atoms. The molecule has 0 aliphatic heterocycles. The van der Waals surface area contributed by atoms with E-state index in [1.807, 2.05) is 18.7 Å². The Kier molecular flexibility index (Phi) is 5.30. The monoisotopic (exact) mass is 293 g/mol. The predicted molar refractivity (Wildman–Crippen MR) is 82.7 cm³/mol. The van der Waals surface area contributed by atoms with Crippen LogP contribution >= 0.6 is 0 Å². The van der Waals surface area contributed by atoms with Crippen molar-refractivity contribution in [3.63, 3.8) is 0 Å². The van der Waals surface area contributed by atoms with E-state index in [-0.39, 0.29) is 5.69 Å². The summed E-state index contributed by atoms with van der Waals surface area (Å²) < 4.78 is 0. The lowest BCUT2D eigenvalue weighted by Gasteiger charge is -2.32. The molecular weight excluding hydrogens is 270 g/mol. The number of aromatic nitrogens is 2. The molecule has 1 aliphatic carbocycles. The summed E-state index contributed by atoms with van der Waals surface area (Å²) in [6.45, 7) is 6.35. The van der Waals surface area contributed by atoms with E-state index in [1.54, 1.807) is 0 Å². The molecule has 1 aromatic rings. The zero-order chi connectivity index (χ0) is 15.2. The highest BCUT2D eigenvalue weighted by atomic mass is 16.6. The third kappa shape index (κ3) is 3.80. The number of rotatable bonds is 8. The zero-order valence-corrected chi connectivity index (χ0v) is 12.7. The normalized spacial score (nSPS) is 14.6.